The molecule has 1 saturated heterocycles. The molecule has 1 N–H and O–H groups in total. The molecule has 2 heteroatoms. The predicted octanol–water partition coefficient (Wildman–Crippen LogP) is 3.52. The molecular formula is C17H28N2. The molecule has 1 atom stereocenters. The first-order valence-electron chi connectivity index (χ1n) is 7.82. The highest BCUT2D eigenvalue weighted by atomic mass is 15.1. The molecule has 0 radical (unpaired) electrons. The minimum absolute atomic E-state index is 0.476. The van der Waals surface area contributed by atoms with Crippen molar-refractivity contribution in [3.8, 4) is 0 Å². The molecule has 2 nitrogen and oxygen atoms in total. The van der Waals surface area contributed by atoms with Gasteiger partial charge in [0.15, 0.2) is 0 Å². The first kappa shape index (κ1) is 14.5. The highest BCUT2D eigenvalue weighted by Crippen LogP contribution is 2.20. The van der Waals surface area contributed by atoms with Crippen LogP contribution in [0.1, 0.15) is 49.8 Å². The number of hydrogen-bond acceptors (Lipinski definition) is 2. The molecule has 1 heterocycles. The quantitative estimate of drug-likeness (QED) is 0.871. The fraction of sp³-hybridized carbons (Fsp3) is 0.647. The number of nitrogens with one attached hydrogen (secondary N) is 1. The molecule has 1 aromatic rings. The Hall–Kier alpha value is -0.860. The molecule has 0 aromatic heterocycles. The molecule has 2 rings (SSSR count). The highest BCUT2D eigenvalue weighted by molar-refractivity contribution is 5.29. The summed E-state index contributed by atoms with van der Waals surface area (Å²) in [6.07, 6.45) is 5.55. The van der Waals surface area contributed by atoms with Crippen LogP contribution in [-0.4, -0.2) is 31.1 Å². The van der Waals surface area contributed by atoms with Gasteiger partial charge in [-0.2, -0.15) is 0 Å². The molecule has 0 aliphatic carbocycles. The van der Waals surface area contributed by atoms with Crippen molar-refractivity contribution in [3.63, 3.8) is 0 Å². The Morgan fingerprint density at radius 3 is 2.42 bits per heavy atom. The van der Waals surface area contributed by atoms with Gasteiger partial charge in [0, 0.05) is 12.6 Å². The third-order valence-electron chi connectivity index (χ3n) is 4.15. The van der Waals surface area contributed by atoms with Crippen LogP contribution in [0.25, 0.3) is 0 Å². The fourth-order valence-corrected chi connectivity index (χ4v) is 3.07. The lowest BCUT2D eigenvalue weighted by Gasteiger charge is -2.28. The van der Waals surface area contributed by atoms with E-state index in [1.165, 1.54) is 49.9 Å². The standard InChI is InChI=1S/C17H28N2/c1-3-18-17(16-11-7-6-10-15(16)2)14-19-12-8-4-5-9-13-19/h6-7,10-11,17-18H,3-5,8-9,12-14H2,1-2H3. The SMILES string of the molecule is CCNC(CN1CCCCCC1)c1ccccc1C. The van der Waals surface area contributed by atoms with E-state index in [9.17, 15) is 0 Å². The summed E-state index contributed by atoms with van der Waals surface area (Å²) in [6, 6.07) is 9.27. The molecule has 1 aromatic carbocycles. The van der Waals surface area contributed by atoms with Gasteiger partial charge in [-0.15, -0.1) is 0 Å². The van der Waals surface area contributed by atoms with E-state index in [1.807, 2.05) is 0 Å². The molecular weight excluding hydrogens is 232 g/mol. The second-order valence-electron chi connectivity index (χ2n) is 5.68. The van der Waals surface area contributed by atoms with E-state index in [0.717, 1.165) is 13.1 Å². The van der Waals surface area contributed by atoms with E-state index < -0.39 is 0 Å². The maximum absolute atomic E-state index is 3.67. The van der Waals surface area contributed by atoms with E-state index >= 15 is 0 Å². The molecule has 0 amide bonds. The van der Waals surface area contributed by atoms with Crippen LogP contribution in [0.2, 0.25) is 0 Å². The summed E-state index contributed by atoms with van der Waals surface area (Å²) >= 11 is 0. The summed E-state index contributed by atoms with van der Waals surface area (Å²) in [5, 5.41) is 3.67. The molecule has 1 aliphatic rings. The normalized spacial score (nSPS) is 19.1. The van der Waals surface area contributed by atoms with Crippen molar-refractivity contribution in [1.29, 1.82) is 0 Å². The number of likely N-dealkylation sites (N-methyl/N-ethyl adjacent to an activating group) is 1. The Kier molecular flexibility index (Phi) is 5.87. The number of aryl methyl sites for hydroxylation is 1. The molecule has 1 aliphatic heterocycles. The van der Waals surface area contributed by atoms with Crippen LogP contribution in [0.3, 0.4) is 0 Å². The summed E-state index contributed by atoms with van der Waals surface area (Å²) in [5.74, 6) is 0. The highest BCUT2D eigenvalue weighted by Gasteiger charge is 2.17. The smallest absolute Gasteiger partial charge is 0.0451 e. The summed E-state index contributed by atoms with van der Waals surface area (Å²) in [4.78, 5) is 2.65. The second-order valence-corrected chi connectivity index (χ2v) is 5.68. The first-order chi connectivity index (χ1) is 9.31. The van der Waals surface area contributed by atoms with Gasteiger partial charge in [-0.1, -0.05) is 44.0 Å². The zero-order valence-electron chi connectivity index (χ0n) is 12.5. The van der Waals surface area contributed by atoms with E-state index in [4.69, 9.17) is 0 Å². The van der Waals surface area contributed by atoms with Crippen molar-refractivity contribution in [1.82, 2.24) is 10.2 Å². The van der Waals surface area contributed by atoms with Gasteiger partial charge in [0.25, 0.3) is 0 Å². The predicted molar refractivity (Wildman–Crippen MR) is 82.5 cm³/mol. The first-order valence-corrected chi connectivity index (χ1v) is 7.82. The summed E-state index contributed by atoms with van der Waals surface area (Å²) in [5.41, 5.74) is 2.87. The Morgan fingerprint density at radius 2 is 1.79 bits per heavy atom. The molecule has 0 bridgehead atoms. The average Bonchev–Trinajstić information content (AvgIpc) is 2.67. The monoisotopic (exact) mass is 260 g/mol. The lowest BCUT2D eigenvalue weighted by molar-refractivity contribution is 0.252. The van der Waals surface area contributed by atoms with Gasteiger partial charge in [-0.3, -0.25) is 0 Å². The zero-order chi connectivity index (χ0) is 13.5. The maximum atomic E-state index is 3.67. The summed E-state index contributed by atoms with van der Waals surface area (Å²) in [7, 11) is 0. The van der Waals surface area contributed by atoms with Gasteiger partial charge in [0.2, 0.25) is 0 Å². The van der Waals surface area contributed by atoms with Gasteiger partial charge in [-0.25, -0.2) is 0 Å². The van der Waals surface area contributed by atoms with Crippen molar-refractivity contribution in [2.75, 3.05) is 26.2 Å². The van der Waals surface area contributed by atoms with Gasteiger partial charge in [-0.05, 0) is 50.5 Å². The van der Waals surface area contributed by atoms with E-state index in [1.54, 1.807) is 0 Å². The Balaban J connectivity index is 2.05. The van der Waals surface area contributed by atoms with Crippen LogP contribution in [-0.2, 0) is 0 Å². The third-order valence-corrected chi connectivity index (χ3v) is 4.15. The minimum atomic E-state index is 0.476. The molecule has 1 unspecified atom stereocenters. The number of benzene rings is 1. The van der Waals surface area contributed by atoms with Crippen LogP contribution in [0.5, 0.6) is 0 Å². The van der Waals surface area contributed by atoms with Crippen LogP contribution >= 0.6 is 0 Å². The van der Waals surface area contributed by atoms with Crippen LogP contribution in [0.15, 0.2) is 24.3 Å². The van der Waals surface area contributed by atoms with Crippen molar-refractivity contribution in [2.24, 2.45) is 0 Å². The number of rotatable bonds is 5. The summed E-state index contributed by atoms with van der Waals surface area (Å²) < 4.78 is 0. The van der Waals surface area contributed by atoms with Crippen LogP contribution in [0, 0.1) is 6.92 Å². The van der Waals surface area contributed by atoms with Gasteiger partial charge in [0.05, 0.1) is 0 Å². The van der Waals surface area contributed by atoms with Crippen molar-refractivity contribution in [3.05, 3.63) is 35.4 Å². The average molecular weight is 260 g/mol. The second kappa shape index (κ2) is 7.66. The van der Waals surface area contributed by atoms with Crippen LogP contribution in [0.4, 0.5) is 0 Å². The molecule has 19 heavy (non-hydrogen) atoms. The summed E-state index contributed by atoms with van der Waals surface area (Å²) in [6.45, 7) is 9.16. The maximum Gasteiger partial charge on any atom is 0.0451 e. The van der Waals surface area contributed by atoms with E-state index in [-0.39, 0.29) is 0 Å². The lowest BCUT2D eigenvalue weighted by Crippen LogP contribution is -2.36. The Bertz CT molecular complexity index is 367. The number of likely N-dealkylation sites (tertiary alicyclic amines) is 1. The Morgan fingerprint density at radius 1 is 1.11 bits per heavy atom. The van der Waals surface area contributed by atoms with Gasteiger partial charge in [0.1, 0.15) is 0 Å². The molecule has 1 fully saturated rings. The lowest BCUT2D eigenvalue weighted by atomic mass is 10.0. The number of hydrogen-bond donors (Lipinski definition) is 1. The zero-order valence-corrected chi connectivity index (χ0v) is 12.5. The van der Waals surface area contributed by atoms with E-state index in [2.05, 4.69) is 48.3 Å². The number of nitrogens with zero attached hydrogens (tertiary/aromatic N) is 1. The van der Waals surface area contributed by atoms with Crippen molar-refractivity contribution >= 4 is 0 Å². The van der Waals surface area contributed by atoms with Crippen molar-refractivity contribution < 1.29 is 0 Å². The van der Waals surface area contributed by atoms with Crippen LogP contribution < -0.4 is 5.32 Å². The third kappa shape index (κ3) is 4.32. The van der Waals surface area contributed by atoms with Gasteiger partial charge < -0.3 is 10.2 Å². The minimum Gasteiger partial charge on any atom is -0.309 e. The Labute approximate surface area is 118 Å². The molecule has 106 valence electrons. The fourth-order valence-electron chi connectivity index (χ4n) is 3.07. The topological polar surface area (TPSA) is 15.3 Å². The van der Waals surface area contributed by atoms with Crippen molar-refractivity contribution in [2.45, 2.75) is 45.6 Å². The molecule has 0 saturated carbocycles. The van der Waals surface area contributed by atoms with E-state index in [0.29, 0.717) is 6.04 Å². The largest absolute Gasteiger partial charge is 0.309 e. The molecule has 0 spiro atoms. The van der Waals surface area contributed by atoms with Gasteiger partial charge >= 0.3 is 0 Å².